The van der Waals surface area contributed by atoms with Crippen LogP contribution in [0.4, 0.5) is 5.69 Å². The zero-order valence-corrected chi connectivity index (χ0v) is 12.3. The Kier molecular flexibility index (Phi) is 4.76. The fourth-order valence-electron chi connectivity index (χ4n) is 1.81. The number of nitrogens with two attached hydrogens (primary N) is 1. The van der Waals surface area contributed by atoms with E-state index in [0.717, 1.165) is 18.4 Å². The summed E-state index contributed by atoms with van der Waals surface area (Å²) < 4.78 is 26.3. The molecule has 0 aliphatic heterocycles. The molecule has 1 aromatic rings. The number of sulfonamides is 1. The molecule has 0 saturated heterocycles. The highest BCUT2D eigenvalue weighted by molar-refractivity contribution is 7.89. The predicted molar refractivity (Wildman–Crippen MR) is 75.1 cm³/mol. The summed E-state index contributed by atoms with van der Waals surface area (Å²) in [5.41, 5.74) is 7.78. The van der Waals surface area contributed by atoms with Gasteiger partial charge >= 0.3 is 0 Å². The lowest BCUT2D eigenvalue weighted by Crippen LogP contribution is -2.29. The van der Waals surface area contributed by atoms with E-state index < -0.39 is 10.0 Å². The summed E-state index contributed by atoms with van der Waals surface area (Å²) in [6.45, 7) is 6.15. The van der Waals surface area contributed by atoms with E-state index in [1.54, 1.807) is 20.0 Å². The molecule has 1 rings (SSSR count). The highest BCUT2D eigenvalue weighted by Crippen LogP contribution is 2.28. The number of hydrogen-bond donors (Lipinski definition) is 1. The van der Waals surface area contributed by atoms with E-state index in [4.69, 9.17) is 5.73 Å². The quantitative estimate of drug-likeness (QED) is 0.835. The third-order valence-electron chi connectivity index (χ3n) is 3.11. The van der Waals surface area contributed by atoms with Gasteiger partial charge in [-0.05, 0) is 31.4 Å². The smallest absolute Gasteiger partial charge is 0.245 e. The summed E-state index contributed by atoms with van der Waals surface area (Å²) in [7, 11) is -1.88. The minimum atomic E-state index is -3.49. The van der Waals surface area contributed by atoms with E-state index in [9.17, 15) is 8.42 Å². The van der Waals surface area contributed by atoms with Crippen molar-refractivity contribution in [1.29, 1.82) is 0 Å². The third-order valence-corrected chi connectivity index (χ3v) is 5.17. The summed E-state index contributed by atoms with van der Waals surface area (Å²) in [5.74, 6) is 0. The van der Waals surface area contributed by atoms with Gasteiger partial charge in [0.2, 0.25) is 10.0 Å². The van der Waals surface area contributed by atoms with E-state index >= 15 is 0 Å². The van der Waals surface area contributed by atoms with Crippen LogP contribution < -0.4 is 5.73 Å². The molecule has 0 aromatic heterocycles. The molecule has 0 aliphatic carbocycles. The van der Waals surface area contributed by atoms with Crippen molar-refractivity contribution in [3.8, 4) is 0 Å². The van der Waals surface area contributed by atoms with Crippen molar-refractivity contribution in [1.82, 2.24) is 4.31 Å². The standard InChI is InChI=1S/C13H22N2O2S/c1-5-6-9-15(4)18(16,17)13-11(3)8-7-10(2)12(13)14/h7-8H,5-6,9,14H2,1-4H3. The summed E-state index contributed by atoms with van der Waals surface area (Å²) >= 11 is 0. The van der Waals surface area contributed by atoms with Crippen molar-refractivity contribution in [2.24, 2.45) is 0 Å². The number of nitrogen functional groups attached to an aromatic ring is 1. The van der Waals surface area contributed by atoms with Gasteiger partial charge in [-0.1, -0.05) is 25.5 Å². The fraction of sp³-hybridized carbons (Fsp3) is 0.538. The highest BCUT2D eigenvalue weighted by Gasteiger charge is 2.25. The Hall–Kier alpha value is -1.07. The maximum Gasteiger partial charge on any atom is 0.245 e. The molecular formula is C13H22N2O2S. The minimum Gasteiger partial charge on any atom is -0.397 e. The first-order valence-corrected chi connectivity index (χ1v) is 7.58. The summed E-state index contributed by atoms with van der Waals surface area (Å²) in [5, 5.41) is 0. The van der Waals surface area contributed by atoms with Crippen LogP contribution in [0.25, 0.3) is 0 Å². The van der Waals surface area contributed by atoms with Gasteiger partial charge in [0.15, 0.2) is 0 Å². The Labute approximate surface area is 110 Å². The van der Waals surface area contributed by atoms with Crippen molar-refractivity contribution in [2.75, 3.05) is 19.3 Å². The van der Waals surface area contributed by atoms with Crippen LogP contribution in [0.2, 0.25) is 0 Å². The lowest BCUT2D eigenvalue weighted by molar-refractivity contribution is 0.459. The number of unbranched alkanes of at least 4 members (excludes halogenated alkanes) is 1. The molecule has 0 amide bonds. The molecule has 0 unspecified atom stereocenters. The van der Waals surface area contributed by atoms with Crippen LogP contribution in [0.5, 0.6) is 0 Å². The predicted octanol–water partition coefficient (Wildman–Crippen LogP) is 2.31. The maximum atomic E-state index is 12.5. The minimum absolute atomic E-state index is 0.251. The molecule has 4 nitrogen and oxygen atoms in total. The monoisotopic (exact) mass is 270 g/mol. The molecular weight excluding hydrogens is 248 g/mol. The van der Waals surface area contributed by atoms with E-state index in [1.807, 2.05) is 19.9 Å². The average Bonchev–Trinajstić information content (AvgIpc) is 2.31. The highest BCUT2D eigenvalue weighted by atomic mass is 32.2. The molecule has 0 bridgehead atoms. The maximum absolute atomic E-state index is 12.5. The van der Waals surface area contributed by atoms with Gasteiger partial charge in [-0.3, -0.25) is 0 Å². The van der Waals surface area contributed by atoms with Crippen LogP contribution in [0, 0.1) is 13.8 Å². The summed E-state index contributed by atoms with van der Waals surface area (Å²) in [6, 6.07) is 3.64. The molecule has 0 fully saturated rings. The number of anilines is 1. The van der Waals surface area contributed by atoms with Crippen LogP contribution in [-0.2, 0) is 10.0 Å². The molecule has 2 N–H and O–H groups in total. The third kappa shape index (κ3) is 2.84. The number of benzene rings is 1. The summed E-state index contributed by atoms with van der Waals surface area (Å²) in [6.07, 6.45) is 1.81. The molecule has 0 saturated carbocycles. The molecule has 102 valence electrons. The van der Waals surface area contributed by atoms with Gasteiger partial charge in [-0.2, -0.15) is 0 Å². The first-order valence-electron chi connectivity index (χ1n) is 6.14. The second-order valence-electron chi connectivity index (χ2n) is 4.62. The molecule has 0 heterocycles. The van der Waals surface area contributed by atoms with Crippen LogP contribution >= 0.6 is 0 Å². The zero-order valence-electron chi connectivity index (χ0n) is 11.5. The first kappa shape index (κ1) is 15.0. The van der Waals surface area contributed by atoms with Crippen LogP contribution in [0.1, 0.15) is 30.9 Å². The largest absolute Gasteiger partial charge is 0.397 e. The molecule has 0 aliphatic rings. The van der Waals surface area contributed by atoms with Crippen LogP contribution in [-0.4, -0.2) is 26.3 Å². The Morgan fingerprint density at radius 2 is 1.78 bits per heavy atom. The summed E-state index contributed by atoms with van der Waals surface area (Å²) in [4.78, 5) is 0.251. The number of hydrogen-bond acceptors (Lipinski definition) is 3. The van der Waals surface area contributed by atoms with Crippen molar-refractivity contribution in [3.05, 3.63) is 23.3 Å². The normalized spacial score (nSPS) is 12.1. The van der Waals surface area contributed by atoms with Crippen molar-refractivity contribution >= 4 is 15.7 Å². The molecule has 18 heavy (non-hydrogen) atoms. The van der Waals surface area contributed by atoms with Crippen LogP contribution in [0.3, 0.4) is 0 Å². The molecule has 5 heteroatoms. The Morgan fingerprint density at radius 3 is 2.33 bits per heavy atom. The Bertz CT molecular complexity index is 524. The molecule has 0 atom stereocenters. The lowest BCUT2D eigenvalue weighted by Gasteiger charge is -2.20. The fourth-order valence-corrected chi connectivity index (χ4v) is 3.40. The van der Waals surface area contributed by atoms with Gasteiger partial charge in [0.05, 0.1) is 5.69 Å². The Balaban J connectivity index is 3.24. The van der Waals surface area contributed by atoms with Crippen LogP contribution in [0.15, 0.2) is 17.0 Å². The van der Waals surface area contributed by atoms with Gasteiger partial charge in [-0.25, -0.2) is 12.7 Å². The molecule has 1 aromatic carbocycles. The van der Waals surface area contributed by atoms with Gasteiger partial charge in [-0.15, -0.1) is 0 Å². The second-order valence-corrected chi connectivity index (χ2v) is 6.60. The first-order chi connectivity index (χ1) is 8.32. The molecule has 0 radical (unpaired) electrons. The average molecular weight is 270 g/mol. The lowest BCUT2D eigenvalue weighted by atomic mass is 10.1. The van der Waals surface area contributed by atoms with Gasteiger partial charge in [0, 0.05) is 13.6 Å². The topological polar surface area (TPSA) is 63.4 Å². The second kappa shape index (κ2) is 5.71. The van der Waals surface area contributed by atoms with Gasteiger partial charge in [0.25, 0.3) is 0 Å². The SMILES string of the molecule is CCCCN(C)S(=O)(=O)c1c(C)ccc(C)c1N. The van der Waals surface area contributed by atoms with Crippen molar-refractivity contribution in [3.63, 3.8) is 0 Å². The zero-order chi connectivity index (χ0) is 13.9. The number of nitrogens with zero attached hydrogens (tertiary/aromatic N) is 1. The van der Waals surface area contributed by atoms with E-state index in [2.05, 4.69) is 0 Å². The van der Waals surface area contributed by atoms with Gasteiger partial charge in [0.1, 0.15) is 4.90 Å². The number of rotatable bonds is 5. The van der Waals surface area contributed by atoms with E-state index in [0.29, 0.717) is 17.8 Å². The van der Waals surface area contributed by atoms with Crippen molar-refractivity contribution in [2.45, 2.75) is 38.5 Å². The van der Waals surface area contributed by atoms with E-state index in [-0.39, 0.29) is 4.90 Å². The number of aryl methyl sites for hydroxylation is 2. The van der Waals surface area contributed by atoms with Crippen molar-refractivity contribution < 1.29 is 8.42 Å². The van der Waals surface area contributed by atoms with Gasteiger partial charge < -0.3 is 5.73 Å². The van der Waals surface area contributed by atoms with E-state index in [1.165, 1.54) is 4.31 Å². The molecule has 0 spiro atoms. The Morgan fingerprint density at radius 1 is 1.22 bits per heavy atom.